The van der Waals surface area contributed by atoms with Gasteiger partial charge in [0.1, 0.15) is 18.1 Å². The summed E-state index contributed by atoms with van der Waals surface area (Å²) in [4.78, 5) is 27.2. The standard InChI is InChI=1S/C28H33N5O5S/c1-31-26(17-25(30-31)22-10-11-22)27(34)29-18-21-4-3-5-24(16-21)38-19-20-6-8-23(9-7-20)28(35)32-12-14-33(15-13-32)39(2,36)37/h3-9,16-17,22H,10-15,18-19H2,1-2H3,(H,29,34). The van der Waals surface area contributed by atoms with Gasteiger partial charge in [0.15, 0.2) is 0 Å². The minimum absolute atomic E-state index is 0.111. The Morgan fingerprint density at radius 1 is 1.00 bits per heavy atom. The zero-order chi connectivity index (χ0) is 27.6. The Bertz CT molecular complexity index is 1460. The van der Waals surface area contributed by atoms with Crippen LogP contribution >= 0.6 is 0 Å². The van der Waals surface area contributed by atoms with E-state index in [2.05, 4.69) is 10.4 Å². The van der Waals surface area contributed by atoms with Gasteiger partial charge in [0.25, 0.3) is 11.8 Å². The molecular formula is C28H33N5O5S. The van der Waals surface area contributed by atoms with Crippen molar-refractivity contribution in [2.45, 2.75) is 31.9 Å². The molecule has 5 rings (SSSR count). The van der Waals surface area contributed by atoms with E-state index in [-0.39, 0.29) is 11.8 Å². The molecule has 1 aliphatic heterocycles. The highest BCUT2D eigenvalue weighted by atomic mass is 32.2. The molecule has 206 valence electrons. The average molecular weight is 552 g/mol. The molecule has 3 aromatic rings. The van der Waals surface area contributed by atoms with Crippen LogP contribution in [0, 0.1) is 0 Å². The van der Waals surface area contributed by atoms with E-state index >= 15 is 0 Å². The zero-order valence-corrected chi connectivity index (χ0v) is 23.0. The molecule has 0 radical (unpaired) electrons. The fourth-order valence-corrected chi connectivity index (χ4v) is 5.44. The first-order valence-electron chi connectivity index (χ1n) is 13.0. The molecule has 11 heteroatoms. The quantitative estimate of drug-likeness (QED) is 0.437. The summed E-state index contributed by atoms with van der Waals surface area (Å²) in [6, 6.07) is 16.7. The Labute approximate surface area is 228 Å². The summed E-state index contributed by atoms with van der Waals surface area (Å²) in [6.07, 6.45) is 3.46. The maximum atomic E-state index is 12.8. The molecule has 1 N–H and O–H groups in total. The molecular weight excluding hydrogens is 518 g/mol. The third kappa shape index (κ3) is 6.66. The highest BCUT2D eigenvalue weighted by Crippen LogP contribution is 2.39. The highest BCUT2D eigenvalue weighted by molar-refractivity contribution is 7.88. The topological polar surface area (TPSA) is 114 Å². The van der Waals surface area contributed by atoms with Gasteiger partial charge in [-0.05, 0) is 54.3 Å². The summed E-state index contributed by atoms with van der Waals surface area (Å²) >= 11 is 0. The molecule has 2 heterocycles. The molecule has 2 amide bonds. The number of nitrogens with one attached hydrogen (secondary N) is 1. The molecule has 39 heavy (non-hydrogen) atoms. The number of amides is 2. The molecule has 1 saturated carbocycles. The normalized spacial score (nSPS) is 16.2. The van der Waals surface area contributed by atoms with E-state index < -0.39 is 10.0 Å². The second-order valence-electron chi connectivity index (χ2n) is 10.1. The number of aryl methyl sites for hydroxylation is 1. The first kappa shape index (κ1) is 26.9. The van der Waals surface area contributed by atoms with E-state index in [0.29, 0.717) is 62.3 Å². The molecule has 0 atom stereocenters. The van der Waals surface area contributed by atoms with Crippen molar-refractivity contribution in [1.29, 1.82) is 0 Å². The lowest BCUT2D eigenvalue weighted by molar-refractivity contribution is 0.0698. The number of nitrogens with zero attached hydrogens (tertiary/aromatic N) is 4. The number of carbonyl (C=O) groups excluding carboxylic acids is 2. The van der Waals surface area contributed by atoms with Crippen LogP contribution < -0.4 is 10.1 Å². The summed E-state index contributed by atoms with van der Waals surface area (Å²) in [7, 11) is -1.45. The average Bonchev–Trinajstić information content (AvgIpc) is 3.71. The maximum absolute atomic E-state index is 12.8. The van der Waals surface area contributed by atoms with E-state index in [4.69, 9.17) is 4.74 Å². The Balaban J connectivity index is 1.11. The van der Waals surface area contributed by atoms with E-state index in [1.807, 2.05) is 42.5 Å². The van der Waals surface area contributed by atoms with E-state index in [0.717, 1.165) is 29.7 Å². The SMILES string of the molecule is Cn1nc(C2CC2)cc1C(=O)NCc1cccc(OCc2ccc(C(=O)N3CCN(S(C)(=O)=O)CC3)cc2)c1. The minimum atomic E-state index is -3.24. The van der Waals surface area contributed by atoms with Crippen molar-refractivity contribution in [2.75, 3.05) is 32.4 Å². The number of aromatic nitrogens is 2. The second kappa shape index (κ2) is 11.2. The first-order valence-corrected chi connectivity index (χ1v) is 14.9. The van der Waals surface area contributed by atoms with Crippen LogP contribution in [0.2, 0.25) is 0 Å². The summed E-state index contributed by atoms with van der Waals surface area (Å²) in [5.74, 6) is 0.908. The Kier molecular flexibility index (Phi) is 7.72. The van der Waals surface area contributed by atoms with Crippen molar-refractivity contribution in [2.24, 2.45) is 7.05 Å². The lowest BCUT2D eigenvalue weighted by atomic mass is 10.1. The van der Waals surface area contributed by atoms with Crippen LogP contribution in [0.5, 0.6) is 5.75 Å². The number of piperazine rings is 1. The van der Waals surface area contributed by atoms with Crippen molar-refractivity contribution >= 4 is 21.8 Å². The van der Waals surface area contributed by atoms with Crippen molar-refractivity contribution in [3.05, 3.63) is 82.7 Å². The number of ether oxygens (including phenoxy) is 1. The molecule has 1 aromatic heterocycles. The predicted molar refractivity (Wildman–Crippen MR) is 146 cm³/mol. The van der Waals surface area contributed by atoms with E-state index in [1.165, 1.54) is 10.6 Å². The predicted octanol–water partition coefficient (Wildman–Crippen LogP) is 2.52. The molecule has 10 nitrogen and oxygen atoms in total. The van der Waals surface area contributed by atoms with Gasteiger partial charge in [-0.3, -0.25) is 14.3 Å². The van der Waals surface area contributed by atoms with E-state index in [9.17, 15) is 18.0 Å². The number of hydrogen-bond acceptors (Lipinski definition) is 6. The smallest absolute Gasteiger partial charge is 0.269 e. The summed E-state index contributed by atoms with van der Waals surface area (Å²) in [5, 5.41) is 7.42. The van der Waals surface area contributed by atoms with Crippen LogP contribution in [-0.4, -0.2) is 71.7 Å². The maximum Gasteiger partial charge on any atom is 0.269 e. The fourth-order valence-electron chi connectivity index (χ4n) is 4.61. The van der Waals surface area contributed by atoms with Crippen LogP contribution in [0.3, 0.4) is 0 Å². The number of rotatable bonds is 9. The van der Waals surface area contributed by atoms with Gasteiger partial charge in [0.05, 0.1) is 11.9 Å². The Morgan fingerprint density at radius 3 is 2.38 bits per heavy atom. The molecule has 0 unspecified atom stereocenters. The molecule has 1 saturated heterocycles. The van der Waals surface area contributed by atoms with Crippen molar-refractivity contribution in [1.82, 2.24) is 24.3 Å². The van der Waals surface area contributed by atoms with Gasteiger partial charge in [-0.2, -0.15) is 9.40 Å². The molecule has 0 bridgehead atoms. The lowest BCUT2D eigenvalue weighted by Gasteiger charge is -2.33. The van der Waals surface area contributed by atoms with Crippen LogP contribution in [-0.2, 0) is 30.2 Å². The molecule has 2 aromatic carbocycles. The summed E-state index contributed by atoms with van der Waals surface area (Å²) in [6.45, 7) is 2.06. The van der Waals surface area contributed by atoms with Crippen LogP contribution in [0.25, 0.3) is 0 Å². The largest absolute Gasteiger partial charge is 0.489 e. The van der Waals surface area contributed by atoms with Crippen molar-refractivity contribution in [3.63, 3.8) is 0 Å². The number of benzene rings is 2. The lowest BCUT2D eigenvalue weighted by Crippen LogP contribution is -2.50. The number of sulfonamides is 1. The van der Waals surface area contributed by atoms with Crippen molar-refractivity contribution in [3.8, 4) is 5.75 Å². The van der Waals surface area contributed by atoms with Gasteiger partial charge < -0.3 is 15.0 Å². The Morgan fingerprint density at radius 2 is 1.72 bits per heavy atom. The first-order chi connectivity index (χ1) is 18.7. The Hall–Kier alpha value is -3.70. The number of carbonyl (C=O) groups is 2. The monoisotopic (exact) mass is 551 g/mol. The minimum Gasteiger partial charge on any atom is -0.489 e. The van der Waals surface area contributed by atoms with Gasteiger partial charge in [-0.15, -0.1) is 0 Å². The van der Waals surface area contributed by atoms with Crippen LogP contribution in [0.1, 0.15) is 56.4 Å². The molecule has 1 aliphatic carbocycles. The molecule has 2 fully saturated rings. The van der Waals surface area contributed by atoms with E-state index in [1.54, 1.807) is 28.8 Å². The fraction of sp³-hybridized carbons (Fsp3) is 0.393. The van der Waals surface area contributed by atoms with Gasteiger partial charge >= 0.3 is 0 Å². The third-order valence-electron chi connectivity index (χ3n) is 7.08. The van der Waals surface area contributed by atoms with Crippen LogP contribution in [0.4, 0.5) is 0 Å². The number of hydrogen-bond donors (Lipinski definition) is 1. The summed E-state index contributed by atoms with van der Waals surface area (Å²) in [5.41, 5.74) is 3.93. The molecule has 0 spiro atoms. The van der Waals surface area contributed by atoms with Crippen molar-refractivity contribution < 1.29 is 22.7 Å². The highest BCUT2D eigenvalue weighted by Gasteiger charge is 2.28. The van der Waals surface area contributed by atoms with Gasteiger partial charge in [0.2, 0.25) is 10.0 Å². The van der Waals surface area contributed by atoms with Gasteiger partial charge in [0, 0.05) is 51.3 Å². The molecule has 2 aliphatic rings. The third-order valence-corrected chi connectivity index (χ3v) is 8.38. The van der Waals surface area contributed by atoms with Gasteiger partial charge in [-0.1, -0.05) is 24.3 Å². The zero-order valence-electron chi connectivity index (χ0n) is 22.2. The second-order valence-corrected chi connectivity index (χ2v) is 12.1. The summed E-state index contributed by atoms with van der Waals surface area (Å²) < 4.78 is 32.4. The van der Waals surface area contributed by atoms with Crippen LogP contribution in [0.15, 0.2) is 54.6 Å². The van der Waals surface area contributed by atoms with Gasteiger partial charge in [-0.25, -0.2) is 8.42 Å².